The van der Waals surface area contributed by atoms with Gasteiger partial charge in [-0.3, -0.25) is 0 Å². The molecule has 0 saturated carbocycles. The van der Waals surface area contributed by atoms with Gasteiger partial charge in [0.25, 0.3) is 0 Å². The molecule has 0 heteroatoms. The summed E-state index contributed by atoms with van der Waals surface area (Å²) in [5.74, 6) is 0. The first-order chi connectivity index (χ1) is 8.04. The lowest BCUT2D eigenvalue weighted by atomic mass is 9.88. The molecular weight excluding hydrogens is 204 g/mol. The van der Waals surface area contributed by atoms with E-state index in [0.29, 0.717) is 0 Å². The topological polar surface area (TPSA) is 0 Å². The quantitative estimate of drug-likeness (QED) is 0.675. The van der Waals surface area contributed by atoms with Crippen molar-refractivity contribution in [2.45, 2.75) is 20.8 Å². The molecule has 0 fully saturated rings. The monoisotopic (exact) mass is 223 g/mol. The summed E-state index contributed by atoms with van der Waals surface area (Å²) in [5.41, 5.74) is 4.07. The van der Waals surface area contributed by atoms with Crippen molar-refractivity contribution in [3.05, 3.63) is 66.6 Å². The Labute approximate surface area is 104 Å². The van der Waals surface area contributed by atoms with Crippen molar-refractivity contribution in [1.82, 2.24) is 0 Å². The molecule has 2 aromatic rings. The second-order valence-electron chi connectivity index (χ2n) is 5.50. The standard InChI is InChI=1S/C17H19/c1-17(2,3)13-14-9-11-16(12-10-14)15-7-5-4-6-8-15/h4-13H,1-3H3. The summed E-state index contributed by atoms with van der Waals surface area (Å²) in [6.45, 7) is 6.66. The number of hydrogen-bond acceptors (Lipinski definition) is 0. The van der Waals surface area contributed by atoms with Gasteiger partial charge >= 0.3 is 0 Å². The van der Waals surface area contributed by atoms with Crippen molar-refractivity contribution in [3.63, 3.8) is 0 Å². The fourth-order valence-corrected chi connectivity index (χ4v) is 1.90. The van der Waals surface area contributed by atoms with Crippen LogP contribution in [0.25, 0.3) is 11.1 Å². The number of rotatable bonds is 2. The molecule has 0 heterocycles. The van der Waals surface area contributed by atoms with Gasteiger partial charge in [-0.15, -0.1) is 0 Å². The zero-order valence-electron chi connectivity index (χ0n) is 10.8. The van der Waals surface area contributed by atoms with E-state index in [1.807, 2.05) is 6.07 Å². The minimum Gasteiger partial charge on any atom is -0.0622 e. The zero-order valence-corrected chi connectivity index (χ0v) is 10.8. The average molecular weight is 223 g/mol. The Morgan fingerprint density at radius 3 is 1.76 bits per heavy atom. The molecule has 0 aliphatic carbocycles. The molecule has 2 aromatic carbocycles. The highest BCUT2D eigenvalue weighted by molar-refractivity contribution is 5.63. The minimum atomic E-state index is 0.230. The van der Waals surface area contributed by atoms with E-state index >= 15 is 0 Å². The highest BCUT2D eigenvalue weighted by atomic mass is 14.2. The van der Waals surface area contributed by atoms with Crippen molar-refractivity contribution in [2.24, 2.45) is 5.41 Å². The Hall–Kier alpha value is -1.56. The van der Waals surface area contributed by atoms with Gasteiger partial charge in [0.05, 0.1) is 0 Å². The molecular formula is C17H19. The van der Waals surface area contributed by atoms with Gasteiger partial charge in [0.2, 0.25) is 0 Å². The van der Waals surface area contributed by atoms with E-state index in [1.165, 1.54) is 16.7 Å². The lowest BCUT2D eigenvalue weighted by Crippen LogP contribution is -2.06. The highest BCUT2D eigenvalue weighted by Crippen LogP contribution is 2.25. The largest absolute Gasteiger partial charge is 0.0622 e. The van der Waals surface area contributed by atoms with Crippen molar-refractivity contribution in [2.75, 3.05) is 0 Å². The highest BCUT2D eigenvalue weighted by Gasteiger charge is 2.11. The first kappa shape index (κ1) is 11.9. The summed E-state index contributed by atoms with van der Waals surface area (Å²) in [5, 5.41) is 0. The average Bonchev–Trinajstić information content (AvgIpc) is 2.29. The molecule has 0 N–H and O–H groups in total. The lowest BCUT2D eigenvalue weighted by molar-refractivity contribution is 0.506. The molecule has 2 rings (SSSR count). The van der Waals surface area contributed by atoms with E-state index in [4.69, 9.17) is 0 Å². The smallest absolute Gasteiger partial charge is 0.00394 e. The third-order valence-corrected chi connectivity index (χ3v) is 2.62. The maximum Gasteiger partial charge on any atom is -0.00394 e. The maximum atomic E-state index is 2.29. The molecule has 0 amide bonds. The predicted molar refractivity (Wildman–Crippen MR) is 74.7 cm³/mol. The Morgan fingerprint density at radius 2 is 1.24 bits per heavy atom. The van der Waals surface area contributed by atoms with Crippen molar-refractivity contribution >= 4 is 0 Å². The molecule has 0 unspecified atom stereocenters. The molecule has 0 spiro atoms. The molecule has 0 saturated heterocycles. The predicted octanol–water partition coefficient (Wildman–Crippen LogP) is 4.95. The third kappa shape index (κ3) is 3.45. The summed E-state index contributed by atoms with van der Waals surface area (Å²) < 4.78 is 0. The van der Waals surface area contributed by atoms with Crippen molar-refractivity contribution in [1.29, 1.82) is 0 Å². The Morgan fingerprint density at radius 1 is 0.706 bits per heavy atom. The first-order valence-electron chi connectivity index (χ1n) is 6.06. The summed E-state index contributed by atoms with van der Waals surface area (Å²) in [4.78, 5) is 0. The van der Waals surface area contributed by atoms with Gasteiger partial charge in [-0.25, -0.2) is 0 Å². The van der Waals surface area contributed by atoms with E-state index in [2.05, 4.69) is 75.7 Å². The molecule has 0 aromatic heterocycles. The normalized spacial score (nSPS) is 11.5. The Bertz CT molecular complexity index is 458. The molecule has 0 aliphatic heterocycles. The summed E-state index contributed by atoms with van der Waals surface area (Å²) in [7, 11) is 0. The van der Waals surface area contributed by atoms with Crippen LogP contribution in [0.3, 0.4) is 0 Å². The van der Waals surface area contributed by atoms with Crippen LogP contribution in [0.1, 0.15) is 26.3 Å². The lowest BCUT2D eigenvalue weighted by Gasteiger charge is -2.17. The SMILES string of the molecule is CC(C)(C)[CH]c1ccc(-c2ccccc2)cc1. The van der Waals surface area contributed by atoms with Gasteiger partial charge < -0.3 is 0 Å². The Balaban J connectivity index is 2.19. The molecule has 0 aliphatic rings. The van der Waals surface area contributed by atoms with Crippen LogP contribution in [0.4, 0.5) is 0 Å². The van der Waals surface area contributed by atoms with Crippen molar-refractivity contribution in [3.8, 4) is 11.1 Å². The van der Waals surface area contributed by atoms with E-state index in [1.54, 1.807) is 0 Å². The van der Waals surface area contributed by atoms with Crippen LogP contribution in [0.5, 0.6) is 0 Å². The minimum absolute atomic E-state index is 0.230. The van der Waals surface area contributed by atoms with Crippen LogP contribution in [0.2, 0.25) is 0 Å². The fraction of sp³-hybridized carbons (Fsp3) is 0.235. The number of benzene rings is 2. The van der Waals surface area contributed by atoms with Gasteiger partial charge in [-0.05, 0) is 28.5 Å². The second-order valence-corrected chi connectivity index (χ2v) is 5.50. The van der Waals surface area contributed by atoms with Gasteiger partial charge in [0.1, 0.15) is 0 Å². The molecule has 0 nitrogen and oxygen atoms in total. The van der Waals surface area contributed by atoms with Crippen LogP contribution in [-0.4, -0.2) is 0 Å². The summed E-state index contributed by atoms with van der Waals surface area (Å²) in [6, 6.07) is 19.2. The molecule has 0 atom stereocenters. The van der Waals surface area contributed by atoms with Crippen LogP contribution >= 0.6 is 0 Å². The fourth-order valence-electron chi connectivity index (χ4n) is 1.90. The van der Waals surface area contributed by atoms with Crippen LogP contribution in [-0.2, 0) is 0 Å². The molecule has 87 valence electrons. The van der Waals surface area contributed by atoms with Crippen LogP contribution in [0, 0.1) is 11.8 Å². The van der Waals surface area contributed by atoms with E-state index in [9.17, 15) is 0 Å². The van der Waals surface area contributed by atoms with Crippen molar-refractivity contribution < 1.29 is 0 Å². The summed E-state index contributed by atoms with van der Waals surface area (Å²) >= 11 is 0. The third-order valence-electron chi connectivity index (χ3n) is 2.62. The molecule has 0 bridgehead atoms. The second kappa shape index (κ2) is 4.75. The first-order valence-corrected chi connectivity index (χ1v) is 6.06. The molecule has 1 radical (unpaired) electrons. The number of hydrogen-bond donors (Lipinski definition) is 0. The van der Waals surface area contributed by atoms with E-state index in [0.717, 1.165) is 0 Å². The zero-order chi connectivity index (χ0) is 12.3. The van der Waals surface area contributed by atoms with Gasteiger partial charge in [-0.1, -0.05) is 75.4 Å². The van der Waals surface area contributed by atoms with E-state index in [-0.39, 0.29) is 5.41 Å². The van der Waals surface area contributed by atoms with Crippen LogP contribution < -0.4 is 0 Å². The van der Waals surface area contributed by atoms with E-state index < -0.39 is 0 Å². The van der Waals surface area contributed by atoms with Crippen LogP contribution in [0.15, 0.2) is 54.6 Å². The Kier molecular flexibility index (Phi) is 3.33. The summed E-state index contributed by atoms with van der Waals surface area (Å²) in [6.07, 6.45) is 2.29. The maximum absolute atomic E-state index is 2.29. The van der Waals surface area contributed by atoms with Gasteiger partial charge in [0, 0.05) is 0 Å². The van der Waals surface area contributed by atoms with Gasteiger partial charge in [0.15, 0.2) is 0 Å². The molecule has 17 heavy (non-hydrogen) atoms. The van der Waals surface area contributed by atoms with Gasteiger partial charge in [-0.2, -0.15) is 0 Å².